The molecular formula is C16H26N2O2. The molecule has 0 aliphatic carbocycles. The van der Waals surface area contributed by atoms with Crippen molar-refractivity contribution in [3.05, 3.63) is 23.8 Å². The maximum atomic E-state index is 5.70. The number of hydrogen-bond donors (Lipinski definition) is 2. The Morgan fingerprint density at radius 2 is 1.90 bits per heavy atom. The maximum absolute atomic E-state index is 5.70. The van der Waals surface area contributed by atoms with Crippen molar-refractivity contribution in [2.75, 3.05) is 32.8 Å². The number of para-hydroxylation sites is 1. The van der Waals surface area contributed by atoms with Gasteiger partial charge in [0, 0.05) is 12.1 Å². The van der Waals surface area contributed by atoms with E-state index in [2.05, 4.69) is 30.5 Å². The first kappa shape index (κ1) is 15.1. The predicted octanol–water partition coefficient (Wildman–Crippen LogP) is 2.18. The number of ether oxygens (including phenoxy) is 2. The van der Waals surface area contributed by atoms with Gasteiger partial charge < -0.3 is 20.1 Å². The van der Waals surface area contributed by atoms with Gasteiger partial charge in [-0.1, -0.05) is 26.0 Å². The zero-order valence-corrected chi connectivity index (χ0v) is 12.6. The molecule has 1 heterocycles. The molecule has 4 nitrogen and oxygen atoms in total. The highest BCUT2D eigenvalue weighted by Gasteiger charge is 2.14. The van der Waals surface area contributed by atoms with Gasteiger partial charge in [-0.3, -0.25) is 0 Å². The van der Waals surface area contributed by atoms with Crippen LogP contribution in [-0.4, -0.2) is 32.8 Å². The molecule has 1 aromatic carbocycles. The fourth-order valence-electron chi connectivity index (χ4n) is 2.23. The molecule has 2 N–H and O–H groups in total. The van der Waals surface area contributed by atoms with Crippen molar-refractivity contribution < 1.29 is 9.47 Å². The third kappa shape index (κ3) is 4.69. The minimum Gasteiger partial charge on any atom is -0.486 e. The second kappa shape index (κ2) is 8.12. The van der Waals surface area contributed by atoms with Gasteiger partial charge >= 0.3 is 0 Å². The van der Waals surface area contributed by atoms with E-state index in [1.54, 1.807) is 0 Å². The quantitative estimate of drug-likeness (QED) is 0.715. The van der Waals surface area contributed by atoms with Crippen LogP contribution in [0.2, 0.25) is 0 Å². The van der Waals surface area contributed by atoms with Crippen molar-refractivity contribution in [3.63, 3.8) is 0 Å². The lowest BCUT2D eigenvalue weighted by atomic mass is 10.1. The zero-order chi connectivity index (χ0) is 14.2. The Kier molecular flexibility index (Phi) is 6.15. The molecule has 20 heavy (non-hydrogen) atoms. The molecule has 0 spiro atoms. The van der Waals surface area contributed by atoms with E-state index in [1.807, 2.05) is 12.1 Å². The monoisotopic (exact) mass is 278 g/mol. The maximum Gasteiger partial charge on any atom is 0.165 e. The second-order valence-corrected chi connectivity index (χ2v) is 5.57. The van der Waals surface area contributed by atoms with Gasteiger partial charge in [0.15, 0.2) is 11.5 Å². The molecule has 0 radical (unpaired) electrons. The van der Waals surface area contributed by atoms with Crippen LogP contribution >= 0.6 is 0 Å². The van der Waals surface area contributed by atoms with Crippen LogP contribution in [0.3, 0.4) is 0 Å². The summed E-state index contributed by atoms with van der Waals surface area (Å²) in [6, 6.07) is 6.08. The first-order chi connectivity index (χ1) is 9.77. The van der Waals surface area contributed by atoms with Crippen molar-refractivity contribution in [3.8, 4) is 11.5 Å². The molecule has 0 fully saturated rings. The minimum absolute atomic E-state index is 0.642. The summed E-state index contributed by atoms with van der Waals surface area (Å²) in [5, 5.41) is 6.91. The summed E-state index contributed by atoms with van der Waals surface area (Å²) in [6.07, 6.45) is 1.14. The summed E-state index contributed by atoms with van der Waals surface area (Å²) in [5.41, 5.74) is 1.18. The van der Waals surface area contributed by atoms with Crippen molar-refractivity contribution in [2.45, 2.75) is 26.8 Å². The first-order valence-corrected chi connectivity index (χ1v) is 7.56. The van der Waals surface area contributed by atoms with Gasteiger partial charge in [-0.25, -0.2) is 0 Å². The fraction of sp³-hybridized carbons (Fsp3) is 0.625. The Labute approximate surface area is 121 Å². The lowest BCUT2D eigenvalue weighted by molar-refractivity contribution is 0.169. The van der Waals surface area contributed by atoms with Gasteiger partial charge in [0.05, 0.1) is 0 Å². The van der Waals surface area contributed by atoms with Crippen molar-refractivity contribution in [1.82, 2.24) is 10.6 Å². The molecule has 0 bridgehead atoms. The minimum atomic E-state index is 0.642. The lowest BCUT2D eigenvalue weighted by Crippen LogP contribution is -2.25. The van der Waals surface area contributed by atoms with E-state index in [9.17, 15) is 0 Å². The third-order valence-electron chi connectivity index (χ3n) is 3.22. The van der Waals surface area contributed by atoms with Gasteiger partial charge in [0.2, 0.25) is 0 Å². The van der Waals surface area contributed by atoms with Crippen LogP contribution in [-0.2, 0) is 6.54 Å². The van der Waals surface area contributed by atoms with Crippen LogP contribution in [0, 0.1) is 5.92 Å². The van der Waals surface area contributed by atoms with Gasteiger partial charge in [-0.2, -0.15) is 0 Å². The van der Waals surface area contributed by atoms with Crippen LogP contribution < -0.4 is 20.1 Å². The topological polar surface area (TPSA) is 42.5 Å². The van der Waals surface area contributed by atoms with Crippen LogP contribution in [0.25, 0.3) is 0 Å². The SMILES string of the molecule is CC(C)CNCCCNCc1cccc2c1OCCO2. The number of benzene rings is 1. The Balaban J connectivity index is 1.67. The first-order valence-electron chi connectivity index (χ1n) is 7.56. The van der Waals surface area contributed by atoms with E-state index >= 15 is 0 Å². The van der Waals surface area contributed by atoms with E-state index in [0.717, 1.165) is 50.0 Å². The Morgan fingerprint density at radius 1 is 1.10 bits per heavy atom. The summed E-state index contributed by atoms with van der Waals surface area (Å²) in [7, 11) is 0. The average molecular weight is 278 g/mol. The Bertz CT molecular complexity index is 407. The highest BCUT2D eigenvalue weighted by molar-refractivity contribution is 5.47. The second-order valence-electron chi connectivity index (χ2n) is 5.57. The number of rotatable bonds is 8. The highest BCUT2D eigenvalue weighted by atomic mass is 16.6. The van der Waals surface area contributed by atoms with Crippen LogP contribution in [0.4, 0.5) is 0 Å². The summed E-state index contributed by atoms with van der Waals surface area (Å²) in [5.74, 6) is 2.49. The van der Waals surface area contributed by atoms with E-state index < -0.39 is 0 Å². The summed E-state index contributed by atoms with van der Waals surface area (Å²) in [6.45, 7) is 9.74. The van der Waals surface area contributed by atoms with Crippen molar-refractivity contribution in [2.24, 2.45) is 5.92 Å². The van der Waals surface area contributed by atoms with E-state index in [4.69, 9.17) is 9.47 Å². The van der Waals surface area contributed by atoms with Crippen molar-refractivity contribution >= 4 is 0 Å². The Hall–Kier alpha value is -1.26. The van der Waals surface area contributed by atoms with Crippen LogP contribution in [0.15, 0.2) is 18.2 Å². The Morgan fingerprint density at radius 3 is 2.75 bits per heavy atom. The molecule has 0 unspecified atom stereocenters. The molecule has 1 aliphatic rings. The number of fused-ring (bicyclic) bond motifs is 1. The molecule has 0 saturated carbocycles. The van der Waals surface area contributed by atoms with Gasteiger partial charge in [0.25, 0.3) is 0 Å². The molecule has 1 aromatic rings. The third-order valence-corrected chi connectivity index (χ3v) is 3.22. The molecule has 112 valence electrons. The summed E-state index contributed by atoms with van der Waals surface area (Å²) >= 11 is 0. The number of hydrogen-bond acceptors (Lipinski definition) is 4. The van der Waals surface area contributed by atoms with Crippen LogP contribution in [0.5, 0.6) is 11.5 Å². The fourth-order valence-corrected chi connectivity index (χ4v) is 2.23. The van der Waals surface area contributed by atoms with E-state index in [1.165, 1.54) is 5.56 Å². The average Bonchev–Trinajstić information content (AvgIpc) is 2.46. The van der Waals surface area contributed by atoms with E-state index in [-0.39, 0.29) is 0 Å². The van der Waals surface area contributed by atoms with Crippen molar-refractivity contribution in [1.29, 1.82) is 0 Å². The van der Waals surface area contributed by atoms with Gasteiger partial charge in [-0.05, 0) is 38.0 Å². The molecule has 4 heteroatoms. The molecule has 2 rings (SSSR count). The predicted molar refractivity (Wildman–Crippen MR) is 81.5 cm³/mol. The smallest absolute Gasteiger partial charge is 0.165 e. The number of nitrogens with one attached hydrogen (secondary N) is 2. The molecular weight excluding hydrogens is 252 g/mol. The molecule has 0 atom stereocenters. The zero-order valence-electron chi connectivity index (χ0n) is 12.6. The highest BCUT2D eigenvalue weighted by Crippen LogP contribution is 2.33. The van der Waals surface area contributed by atoms with Gasteiger partial charge in [0.1, 0.15) is 13.2 Å². The van der Waals surface area contributed by atoms with Gasteiger partial charge in [-0.15, -0.1) is 0 Å². The normalized spacial score (nSPS) is 13.8. The van der Waals surface area contributed by atoms with E-state index in [0.29, 0.717) is 13.2 Å². The summed E-state index contributed by atoms with van der Waals surface area (Å²) < 4.78 is 11.3. The molecule has 0 saturated heterocycles. The lowest BCUT2D eigenvalue weighted by Gasteiger charge is -2.21. The molecule has 0 aromatic heterocycles. The molecule has 1 aliphatic heterocycles. The largest absolute Gasteiger partial charge is 0.486 e. The summed E-state index contributed by atoms with van der Waals surface area (Å²) in [4.78, 5) is 0. The standard InChI is InChI=1S/C16H26N2O2/c1-13(2)11-17-7-4-8-18-12-14-5-3-6-15-16(14)20-10-9-19-15/h3,5-6,13,17-18H,4,7-12H2,1-2H3. The van der Waals surface area contributed by atoms with Crippen LogP contribution in [0.1, 0.15) is 25.8 Å². The molecule has 0 amide bonds.